The summed E-state index contributed by atoms with van der Waals surface area (Å²) in [6, 6.07) is 8.08. The molecule has 0 amide bonds. The molecular weight excluding hydrogens is 519 g/mol. The Morgan fingerprint density at radius 1 is 1.00 bits per heavy atom. The van der Waals surface area contributed by atoms with Gasteiger partial charge in [-0.1, -0.05) is 17.7 Å². The Balaban J connectivity index is 1.46. The van der Waals surface area contributed by atoms with Crippen molar-refractivity contribution in [2.75, 3.05) is 36.4 Å². The number of halogens is 2. The number of phenolic OH excluding ortho intramolecular Hbond substituents is 1. The highest BCUT2D eigenvalue weighted by Crippen LogP contribution is 2.36. The van der Waals surface area contributed by atoms with Gasteiger partial charge in [-0.05, 0) is 63.1 Å². The molecule has 0 aliphatic carbocycles. The van der Waals surface area contributed by atoms with E-state index < -0.39 is 11.6 Å². The van der Waals surface area contributed by atoms with E-state index in [9.17, 15) is 14.3 Å². The standard InChI is InChI=1S/C29H30ClFN6O2/c1-17(38)22-16-32-25-6-5-18(19-12-23(30)27(39)24(31)13-19)11-21(25)26(22)35-20-14-33-28(34-15-20)36-7-9-37(10-8-36)29(2,3)4/h5-6,11-16,39H,7-10H2,1-4H3,(H,32,35). The van der Waals surface area contributed by atoms with Crippen molar-refractivity contribution in [3.8, 4) is 16.9 Å². The van der Waals surface area contributed by atoms with Crippen LogP contribution in [0, 0.1) is 5.82 Å². The van der Waals surface area contributed by atoms with E-state index in [1.54, 1.807) is 24.5 Å². The minimum Gasteiger partial charge on any atom is -0.504 e. The molecule has 2 N–H and O–H groups in total. The summed E-state index contributed by atoms with van der Waals surface area (Å²) in [4.78, 5) is 30.8. The highest BCUT2D eigenvalue weighted by atomic mass is 35.5. The predicted molar refractivity (Wildman–Crippen MR) is 153 cm³/mol. The maximum Gasteiger partial charge on any atom is 0.225 e. The normalized spacial score (nSPS) is 14.6. The number of hydrogen-bond acceptors (Lipinski definition) is 8. The lowest BCUT2D eigenvalue weighted by molar-refractivity contribution is 0.101. The van der Waals surface area contributed by atoms with Crippen LogP contribution >= 0.6 is 11.6 Å². The fourth-order valence-corrected chi connectivity index (χ4v) is 4.98. The second-order valence-electron chi connectivity index (χ2n) is 10.7. The second-order valence-corrected chi connectivity index (χ2v) is 11.1. The van der Waals surface area contributed by atoms with E-state index in [4.69, 9.17) is 11.6 Å². The Labute approximate surface area is 231 Å². The molecule has 0 saturated carbocycles. The van der Waals surface area contributed by atoms with Gasteiger partial charge in [-0.25, -0.2) is 14.4 Å². The Morgan fingerprint density at radius 2 is 1.69 bits per heavy atom. The second kappa shape index (κ2) is 10.4. The fourth-order valence-electron chi connectivity index (χ4n) is 4.78. The zero-order chi connectivity index (χ0) is 27.9. The molecule has 39 heavy (non-hydrogen) atoms. The highest BCUT2D eigenvalue weighted by molar-refractivity contribution is 6.32. The van der Waals surface area contributed by atoms with Gasteiger partial charge in [-0.3, -0.25) is 14.7 Å². The number of hydrogen-bond donors (Lipinski definition) is 2. The number of fused-ring (bicyclic) bond motifs is 1. The molecule has 0 atom stereocenters. The molecular formula is C29H30ClFN6O2. The number of phenols is 1. The highest BCUT2D eigenvalue weighted by Gasteiger charge is 2.26. The Hall–Kier alpha value is -3.82. The van der Waals surface area contributed by atoms with Crippen molar-refractivity contribution < 1.29 is 14.3 Å². The first-order valence-corrected chi connectivity index (χ1v) is 13.1. The van der Waals surface area contributed by atoms with E-state index in [-0.39, 0.29) is 16.3 Å². The van der Waals surface area contributed by atoms with Gasteiger partial charge in [0.2, 0.25) is 5.95 Å². The number of carbonyl (C=O) groups excluding carboxylic acids is 1. The van der Waals surface area contributed by atoms with Crippen LogP contribution in [0.25, 0.3) is 22.0 Å². The van der Waals surface area contributed by atoms with E-state index in [1.165, 1.54) is 25.3 Å². The van der Waals surface area contributed by atoms with Gasteiger partial charge in [0.15, 0.2) is 17.3 Å². The average Bonchev–Trinajstić information content (AvgIpc) is 2.91. The minimum atomic E-state index is -0.816. The van der Waals surface area contributed by atoms with Crippen molar-refractivity contribution in [2.45, 2.75) is 33.2 Å². The number of pyridine rings is 1. The number of benzene rings is 2. The third kappa shape index (κ3) is 5.51. The number of piperazine rings is 1. The van der Waals surface area contributed by atoms with Crippen LogP contribution in [0.15, 0.2) is 48.9 Å². The zero-order valence-electron chi connectivity index (χ0n) is 22.3. The van der Waals surface area contributed by atoms with Crippen LogP contribution in [0.2, 0.25) is 5.02 Å². The molecule has 3 heterocycles. The maximum absolute atomic E-state index is 14.2. The number of nitrogens with zero attached hydrogens (tertiary/aromatic N) is 5. The first-order chi connectivity index (χ1) is 18.5. The summed E-state index contributed by atoms with van der Waals surface area (Å²) in [6.07, 6.45) is 4.94. The first-order valence-electron chi connectivity index (χ1n) is 12.7. The van der Waals surface area contributed by atoms with Crippen molar-refractivity contribution in [1.82, 2.24) is 19.9 Å². The van der Waals surface area contributed by atoms with Gasteiger partial charge < -0.3 is 15.3 Å². The Bertz CT molecular complexity index is 1520. The largest absolute Gasteiger partial charge is 0.504 e. The van der Waals surface area contributed by atoms with Gasteiger partial charge in [0, 0.05) is 43.3 Å². The lowest BCUT2D eigenvalue weighted by Gasteiger charge is -2.42. The molecule has 1 saturated heterocycles. The van der Waals surface area contributed by atoms with Crippen LogP contribution in [0.4, 0.5) is 21.7 Å². The molecule has 1 aliphatic rings. The van der Waals surface area contributed by atoms with Crippen LogP contribution in [-0.2, 0) is 0 Å². The van der Waals surface area contributed by atoms with Crippen LogP contribution in [0.3, 0.4) is 0 Å². The molecule has 1 fully saturated rings. The number of aromatic hydroxyl groups is 1. The molecule has 5 rings (SSSR count). The van der Waals surface area contributed by atoms with Gasteiger partial charge in [0.05, 0.1) is 39.9 Å². The lowest BCUT2D eigenvalue weighted by atomic mass is 10.00. The molecule has 0 unspecified atom stereocenters. The molecule has 0 radical (unpaired) electrons. The summed E-state index contributed by atoms with van der Waals surface area (Å²) in [5.41, 5.74) is 3.47. The van der Waals surface area contributed by atoms with Gasteiger partial charge in [-0.2, -0.15) is 0 Å². The van der Waals surface area contributed by atoms with Gasteiger partial charge in [-0.15, -0.1) is 0 Å². The number of ketones is 1. The van der Waals surface area contributed by atoms with Gasteiger partial charge in [0.1, 0.15) is 0 Å². The molecule has 0 spiro atoms. The number of rotatable bonds is 5. The number of aromatic nitrogens is 3. The molecule has 10 heteroatoms. The van der Waals surface area contributed by atoms with Crippen molar-refractivity contribution in [2.24, 2.45) is 0 Å². The number of nitrogens with one attached hydrogen (secondary N) is 1. The fraction of sp³-hybridized carbons (Fsp3) is 0.310. The van der Waals surface area contributed by atoms with Crippen molar-refractivity contribution in [3.05, 3.63) is 65.3 Å². The Kier molecular flexibility index (Phi) is 7.13. The summed E-state index contributed by atoms with van der Waals surface area (Å²) >= 11 is 6.01. The third-order valence-electron chi connectivity index (χ3n) is 7.02. The Morgan fingerprint density at radius 3 is 2.31 bits per heavy atom. The van der Waals surface area contributed by atoms with E-state index >= 15 is 0 Å². The van der Waals surface area contributed by atoms with Crippen molar-refractivity contribution in [1.29, 1.82) is 0 Å². The maximum atomic E-state index is 14.2. The smallest absolute Gasteiger partial charge is 0.225 e. The average molecular weight is 549 g/mol. The summed E-state index contributed by atoms with van der Waals surface area (Å²) in [5, 5.41) is 13.6. The van der Waals surface area contributed by atoms with E-state index in [0.29, 0.717) is 44.9 Å². The third-order valence-corrected chi connectivity index (χ3v) is 7.30. The van der Waals surface area contributed by atoms with Gasteiger partial charge >= 0.3 is 0 Å². The first kappa shape index (κ1) is 26.8. The minimum absolute atomic E-state index is 0.0869. The number of Topliss-reactive ketones (excluding diaryl/α,β-unsaturated/α-hetero) is 1. The summed E-state index contributed by atoms with van der Waals surface area (Å²) in [6.45, 7) is 11.7. The van der Waals surface area contributed by atoms with E-state index in [1.807, 2.05) is 6.07 Å². The van der Waals surface area contributed by atoms with Crippen LogP contribution in [-0.4, -0.2) is 62.5 Å². The molecule has 1 aliphatic heterocycles. The molecule has 8 nitrogen and oxygen atoms in total. The molecule has 2 aromatic heterocycles. The summed E-state index contributed by atoms with van der Waals surface area (Å²) in [7, 11) is 0. The van der Waals surface area contributed by atoms with Crippen molar-refractivity contribution >= 4 is 45.6 Å². The summed E-state index contributed by atoms with van der Waals surface area (Å²) < 4.78 is 14.2. The summed E-state index contributed by atoms with van der Waals surface area (Å²) in [5.74, 6) is -0.911. The van der Waals surface area contributed by atoms with E-state index in [0.717, 1.165) is 26.2 Å². The molecule has 4 aromatic rings. The monoisotopic (exact) mass is 548 g/mol. The SMILES string of the molecule is CC(=O)c1cnc2ccc(-c3cc(F)c(O)c(Cl)c3)cc2c1Nc1cnc(N2CCN(C(C)(C)C)CC2)nc1. The predicted octanol–water partition coefficient (Wildman–Crippen LogP) is 6.06. The van der Waals surface area contributed by atoms with Crippen LogP contribution in [0.1, 0.15) is 38.1 Å². The van der Waals surface area contributed by atoms with E-state index in [2.05, 4.69) is 50.8 Å². The lowest BCUT2D eigenvalue weighted by Crippen LogP contribution is -2.53. The number of anilines is 3. The zero-order valence-corrected chi connectivity index (χ0v) is 23.1. The quantitative estimate of drug-likeness (QED) is 0.291. The molecule has 2 aromatic carbocycles. The number of carbonyl (C=O) groups is 1. The van der Waals surface area contributed by atoms with Gasteiger partial charge in [0.25, 0.3) is 0 Å². The van der Waals surface area contributed by atoms with Crippen LogP contribution < -0.4 is 10.2 Å². The van der Waals surface area contributed by atoms with Crippen molar-refractivity contribution in [3.63, 3.8) is 0 Å². The topological polar surface area (TPSA) is 94.5 Å². The molecule has 202 valence electrons. The molecule has 0 bridgehead atoms. The van der Waals surface area contributed by atoms with Crippen LogP contribution in [0.5, 0.6) is 5.75 Å².